The standard InChI is InChI=1S/C14H17N3O4/c1-9(16-17-10(2)18)7-14(19)15-11-3-4-12-13(8-11)21-6-5-20-12/h3-4,8H,5-7H2,1-2H3,(H,15,19)(H,17,18)/b16-9-. The van der Waals surface area contributed by atoms with E-state index in [0.29, 0.717) is 36.1 Å². The topological polar surface area (TPSA) is 89.0 Å². The van der Waals surface area contributed by atoms with Crippen molar-refractivity contribution >= 4 is 23.2 Å². The molecule has 0 unspecified atom stereocenters. The van der Waals surface area contributed by atoms with E-state index < -0.39 is 0 Å². The van der Waals surface area contributed by atoms with Gasteiger partial charge in [-0.05, 0) is 19.1 Å². The van der Waals surface area contributed by atoms with Crippen LogP contribution < -0.4 is 20.2 Å². The van der Waals surface area contributed by atoms with Crippen LogP contribution >= 0.6 is 0 Å². The smallest absolute Gasteiger partial charge is 0.236 e. The van der Waals surface area contributed by atoms with E-state index in [1.165, 1.54) is 6.92 Å². The molecule has 0 radical (unpaired) electrons. The van der Waals surface area contributed by atoms with E-state index in [1.807, 2.05) is 0 Å². The number of carbonyl (C=O) groups excluding carboxylic acids is 2. The highest BCUT2D eigenvalue weighted by atomic mass is 16.6. The van der Waals surface area contributed by atoms with Crippen LogP contribution in [0.15, 0.2) is 23.3 Å². The lowest BCUT2D eigenvalue weighted by Crippen LogP contribution is -2.19. The van der Waals surface area contributed by atoms with Crippen LogP contribution in [0.2, 0.25) is 0 Å². The lowest BCUT2D eigenvalue weighted by molar-refractivity contribution is -0.119. The molecule has 0 aliphatic carbocycles. The molecule has 1 aliphatic heterocycles. The van der Waals surface area contributed by atoms with Crippen LogP contribution in [0.3, 0.4) is 0 Å². The number of ether oxygens (including phenoxy) is 2. The fourth-order valence-corrected chi connectivity index (χ4v) is 1.77. The van der Waals surface area contributed by atoms with E-state index in [9.17, 15) is 9.59 Å². The number of fused-ring (bicyclic) bond motifs is 1. The molecule has 7 heteroatoms. The van der Waals surface area contributed by atoms with Gasteiger partial charge in [0, 0.05) is 24.4 Å². The van der Waals surface area contributed by atoms with Gasteiger partial charge in [-0.1, -0.05) is 0 Å². The highest BCUT2D eigenvalue weighted by molar-refractivity contribution is 6.05. The van der Waals surface area contributed by atoms with Gasteiger partial charge in [0.1, 0.15) is 13.2 Å². The second kappa shape index (κ2) is 6.74. The number of hydrazone groups is 1. The second-order valence-electron chi connectivity index (χ2n) is 4.60. The fraction of sp³-hybridized carbons (Fsp3) is 0.357. The molecule has 2 rings (SSSR count). The maximum absolute atomic E-state index is 11.9. The van der Waals surface area contributed by atoms with Crippen molar-refractivity contribution in [3.8, 4) is 11.5 Å². The average molecular weight is 291 g/mol. The van der Waals surface area contributed by atoms with Gasteiger partial charge < -0.3 is 14.8 Å². The van der Waals surface area contributed by atoms with Gasteiger partial charge in [-0.2, -0.15) is 5.10 Å². The minimum Gasteiger partial charge on any atom is -0.486 e. The van der Waals surface area contributed by atoms with Gasteiger partial charge in [-0.15, -0.1) is 0 Å². The summed E-state index contributed by atoms with van der Waals surface area (Å²) in [6, 6.07) is 5.21. The van der Waals surface area contributed by atoms with Crippen LogP contribution in [0.1, 0.15) is 20.3 Å². The van der Waals surface area contributed by atoms with Crippen LogP contribution in [0.25, 0.3) is 0 Å². The van der Waals surface area contributed by atoms with Crippen molar-refractivity contribution in [3.05, 3.63) is 18.2 Å². The maximum atomic E-state index is 11.9. The molecule has 0 fully saturated rings. The van der Waals surface area contributed by atoms with Gasteiger partial charge in [0.2, 0.25) is 11.8 Å². The predicted octanol–water partition coefficient (Wildman–Crippen LogP) is 1.30. The average Bonchev–Trinajstić information content (AvgIpc) is 2.45. The molecule has 2 N–H and O–H groups in total. The molecule has 112 valence electrons. The molecule has 1 heterocycles. The number of carbonyl (C=O) groups is 2. The zero-order valence-corrected chi connectivity index (χ0v) is 11.9. The maximum Gasteiger partial charge on any atom is 0.236 e. The zero-order valence-electron chi connectivity index (χ0n) is 11.9. The Hall–Kier alpha value is -2.57. The molecule has 0 spiro atoms. The summed E-state index contributed by atoms with van der Waals surface area (Å²) in [5.74, 6) is 0.783. The van der Waals surface area contributed by atoms with Crippen LogP contribution in [-0.4, -0.2) is 30.7 Å². The molecule has 21 heavy (non-hydrogen) atoms. The third-order valence-electron chi connectivity index (χ3n) is 2.65. The summed E-state index contributed by atoms with van der Waals surface area (Å²) in [6.07, 6.45) is 0.0920. The summed E-state index contributed by atoms with van der Waals surface area (Å²) < 4.78 is 10.8. The lowest BCUT2D eigenvalue weighted by atomic mass is 10.2. The molecule has 0 aromatic heterocycles. The molecule has 1 aliphatic rings. The normalized spacial score (nSPS) is 13.5. The summed E-state index contributed by atoms with van der Waals surface area (Å²) in [6.45, 7) is 4.04. The molecule has 0 saturated heterocycles. The third-order valence-corrected chi connectivity index (χ3v) is 2.65. The van der Waals surface area contributed by atoms with Crippen molar-refractivity contribution < 1.29 is 19.1 Å². The predicted molar refractivity (Wildman–Crippen MR) is 77.6 cm³/mol. The number of benzene rings is 1. The summed E-state index contributed by atoms with van der Waals surface area (Å²) in [5, 5.41) is 6.53. The van der Waals surface area contributed by atoms with E-state index in [2.05, 4.69) is 15.8 Å². The SMILES string of the molecule is CC(=O)N/N=C(/C)CC(=O)Nc1ccc2c(c1)OCCO2. The van der Waals surface area contributed by atoms with E-state index in [-0.39, 0.29) is 18.2 Å². The zero-order chi connectivity index (χ0) is 15.2. The van der Waals surface area contributed by atoms with Gasteiger partial charge in [0.15, 0.2) is 11.5 Å². The van der Waals surface area contributed by atoms with Gasteiger partial charge in [-0.25, -0.2) is 5.43 Å². The molecule has 0 bridgehead atoms. The molecule has 0 atom stereocenters. The summed E-state index contributed by atoms with van der Waals surface area (Å²) in [4.78, 5) is 22.6. The number of rotatable bonds is 4. The Morgan fingerprint density at radius 2 is 1.90 bits per heavy atom. The van der Waals surface area contributed by atoms with E-state index in [4.69, 9.17) is 9.47 Å². The quantitative estimate of drug-likeness (QED) is 0.646. The van der Waals surface area contributed by atoms with Crippen LogP contribution in [0, 0.1) is 0 Å². The molecular weight excluding hydrogens is 274 g/mol. The van der Waals surface area contributed by atoms with Crippen LogP contribution in [-0.2, 0) is 9.59 Å². The van der Waals surface area contributed by atoms with Gasteiger partial charge in [0.25, 0.3) is 0 Å². The minimum atomic E-state index is -0.276. The number of hydrogen-bond donors (Lipinski definition) is 2. The second-order valence-corrected chi connectivity index (χ2v) is 4.60. The Bertz CT molecular complexity index is 584. The minimum absolute atomic E-state index is 0.0920. The van der Waals surface area contributed by atoms with Crippen LogP contribution in [0.4, 0.5) is 5.69 Å². The first-order chi connectivity index (χ1) is 10.0. The highest BCUT2D eigenvalue weighted by Gasteiger charge is 2.13. The Morgan fingerprint density at radius 1 is 1.19 bits per heavy atom. The largest absolute Gasteiger partial charge is 0.486 e. The third kappa shape index (κ3) is 4.48. The van der Waals surface area contributed by atoms with E-state index in [1.54, 1.807) is 25.1 Å². The molecular formula is C14H17N3O4. The van der Waals surface area contributed by atoms with Crippen molar-refractivity contribution in [2.24, 2.45) is 5.10 Å². The Kier molecular flexibility index (Phi) is 4.76. The van der Waals surface area contributed by atoms with E-state index >= 15 is 0 Å². The van der Waals surface area contributed by atoms with Gasteiger partial charge >= 0.3 is 0 Å². The summed E-state index contributed by atoms with van der Waals surface area (Å²) >= 11 is 0. The molecule has 2 amide bonds. The molecule has 0 saturated carbocycles. The molecule has 1 aromatic rings. The Morgan fingerprint density at radius 3 is 2.62 bits per heavy atom. The number of nitrogens with zero attached hydrogens (tertiary/aromatic N) is 1. The highest BCUT2D eigenvalue weighted by Crippen LogP contribution is 2.32. The van der Waals surface area contributed by atoms with Crippen molar-refractivity contribution in [2.45, 2.75) is 20.3 Å². The van der Waals surface area contributed by atoms with Crippen LogP contribution in [0.5, 0.6) is 11.5 Å². The number of anilines is 1. The van der Waals surface area contributed by atoms with Crippen molar-refractivity contribution in [2.75, 3.05) is 18.5 Å². The molecule has 1 aromatic carbocycles. The first-order valence-corrected chi connectivity index (χ1v) is 6.54. The van der Waals surface area contributed by atoms with Crippen molar-refractivity contribution in [1.82, 2.24) is 5.43 Å². The summed E-state index contributed by atoms with van der Waals surface area (Å²) in [5.41, 5.74) is 3.42. The van der Waals surface area contributed by atoms with E-state index in [0.717, 1.165) is 0 Å². The first-order valence-electron chi connectivity index (χ1n) is 6.54. The number of nitrogens with one attached hydrogen (secondary N) is 2. The number of hydrogen-bond acceptors (Lipinski definition) is 5. The summed E-state index contributed by atoms with van der Waals surface area (Å²) in [7, 11) is 0. The van der Waals surface area contributed by atoms with Crippen molar-refractivity contribution in [3.63, 3.8) is 0 Å². The molecule has 7 nitrogen and oxygen atoms in total. The van der Waals surface area contributed by atoms with Gasteiger partial charge in [-0.3, -0.25) is 9.59 Å². The van der Waals surface area contributed by atoms with Gasteiger partial charge in [0.05, 0.1) is 6.42 Å². The number of amides is 2. The lowest BCUT2D eigenvalue weighted by Gasteiger charge is -2.19. The first kappa shape index (κ1) is 14.8. The Labute approximate surface area is 122 Å². The van der Waals surface area contributed by atoms with Crippen molar-refractivity contribution in [1.29, 1.82) is 0 Å². The Balaban J connectivity index is 1.93. The fourth-order valence-electron chi connectivity index (χ4n) is 1.77. The monoisotopic (exact) mass is 291 g/mol.